The topological polar surface area (TPSA) is 99.5 Å². The molecule has 0 saturated carbocycles. The van der Waals surface area contributed by atoms with Gasteiger partial charge >= 0.3 is 5.97 Å². The lowest BCUT2D eigenvalue weighted by atomic mass is 10.0. The summed E-state index contributed by atoms with van der Waals surface area (Å²) in [7, 11) is 0. The van der Waals surface area contributed by atoms with E-state index >= 15 is 0 Å². The minimum Gasteiger partial charge on any atom is -0.507 e. The van der Waals surface area contributed by atoms with E-state index in [1.165, 1.54) is 12.1 Å². The molecule has 0 bridgehead atoms. The summed E-state index contributed by atoms with van der Waals surface area (Å²) in [5.74, 6) is -1.21. The summed E-state index contributed by atoms with van der Waals surface area (Å²) in [5.41, 5.74) is 1.20. The van der Waals surface area contributed by atoms with E-state index in [1.54, 1.807) is 30.3 Å². The van der Waals surface area contributed by atoms with Gasteiger partial charge in [-0.15, -0.1) is 0 Å². The first kappa shape index (κ1) is 18.9. The van der Waals surface area contributed by atoms with Crippen LogP contribution in [0.15, 0.2) is 42.5 Å². The lowest BCUT2D eigenvalue weighted by Gasteiger charge is -2.11. The number of hydrogen-bond donors (Lipinski definition) is 3. The van der Waals surface area contributed by atoms with Crippen molar-refractivity contribution >= 4 is 51.8 Å². The van der Waals surface area contributed by atoms with Gasteiger partial charge in [-0.2, -0.15) is 0 Å². The summed E-state index contributed by atoms with van der Waals surface area (Å²) in [5, 5.41) is 22.4. The van der Waals surface area contributed by atoms with Crippen LogP contribution in [0.1, 0.15) is 22.3 Å². The zero-order chi connectivity index (χ0) is 19.6. The average Bonchev–Trinajstić information content (AvgIpc) is 2.61. The maximum Gasteiger partial charge on any atom is 0.303 e. The normalized spacial score (nSPS) is 10.7. The summed E-state index contributed by atoms with van der Waals surface area (Å²) < 4.78 is 0. The van der Waals surface area contributed by atoms with Gasteiger partial charge in [0.15, 0.2) is 0 Å². The van der Waals surface area contributed by atoms with Gasteiger partial charge in [0, 0.05) is 11.8 Å². The number of benzene rings is 2. The Labute approximate surface area is 164 Å². The van der Waals surface area contributed by atoms with Crippen molar-refractivity contribution in [3.63, 3.8) is 0 Å². The molecule has 0 spiro atoms. The van der Waals surface area contributed by atoms with Crippen LogP contribution in [0.5, 0.6) is 5.75 Å². The van der Waals surface area contributed by atoms with Gasteiger partial charge in [-0.25, -0.2) is 4.98 Å². The lowest BCUT2D eigenvalue weighted by molar-refractivity contribution is -0.136. The molecule has 0 saturated heterocycles. The maximum atomic E-state index is 12.5. The van der Waals surface area contributed by atoms with Crippen LogP contribution in [0.25, 0.3) is 10.9 Å². The van der Waals surface area contributed by atoms with Crippen molar-refractivity contribution in [1.29, 1.82) is 0 Å². The number of pyridine rings is 1. The molecule has 3 rings (SSSR count). The van der Waals surface area contributed by atoms with E-state index in [-0.39, 0.29) is 40.0 Å². The second-order valence-electron chi connectivity index (χ2n) is 5.78. The summed E-state index contributed by atoms with van der Waals surface area (Å²) in [6, 6.07) is 11.0. The Balaban J connectivity index is 1.97. The van der Waals surface area contributed by atoms with Gasteiger partial charge in [-0.05, 0) is 42.3 Å². The smallest absolute Gasteiger partial charge is 0.303 e. The molecule has 1 amide bonds. The van der Waals surface area contributed by atoms with Crippen molar-refractivity contribution in [2.75, 3.05) is 5.32 Å². The number of carboxylic acid groups (broad SMARTS) is 1. The van der Waals surface area contributed by atoms with Gasteiger partial charge in [0.25, 0.3) is 5.91 Å². The Morgan fingerprint density at radius 2 is 1.74 bits per heavy atom. The quantitative estimate of drug-likeness (QED) is 0.580. The molecule has 0 unspecified atom stereocenters. The van der Waals surface area contributed by atoms with Crippen LogP contribution in [0.3, 0.4) is 0 Å². The predicted molar refractivity (Wildman–Crippen MR) is 104 cm³/mol. The zero-order valence-corrected chi connectivity index (χ0v) is 15.4. The summed E-state index contributed by atoms with van der Waals surface area (Å²) in [4.78, 5) is 27.7. The van der Waals surface area contributed by atoms with Gasteiger partial charge in [0.1, 0.15) is 11.6 Å². The third kappa shape index (κ3) is 4.13. The summed E-state index contributed by atoms with van der Waals surface area (Å²) >= 11 is 12.1. The third-order valence-corrected chi connectivity index (χ3v) is 4.59. The van der Waals surface area contributed by atoms with Gasteiger partial charge in [-0.3, -0.25) is 9.59 Å². The number of aromatic nitrogens is 1. The molecule has 138 valence electrons. The fraction of sp³-hybridized carbons (Fsp3) is 0.105. The first-order chi connectivity index (χ1) is 12.9. The standard InChI is InChI=1S/C19H14Cl2N2O4/c20-12-2-1-3-13(21)17(12)19(27)23-15-8-6-11-14(24)7-4-10(18(11)22-15)5-9-16(25)26/h1-4,6-8,24H,5,9H2,(H,25,26)(H,22,23,27). The molecule has 0 radical (unpaired) electrons. The second-order valence-corrected chi connectivity index (χ2v) is 6.60. The van der Waals surface area contributed by atoms with E-state index in [1.807, 2.05) is 0 Å². The Hall–Kier alpha value is -2.83. The van der Waals surface area contributed by atoms with Crippen LogP contribution >= 0.6 is 23.2 Å². The number of amides is 1. The summed E-state index contributed by atoms with van der Waals surface area (Å²) in [6.45, 7) is 0. The Kier molecular flexibility index (Phi) is 5.48. The number of carboxylic acids is 1. The fourth-order valence-electron chi connectivity index (χ4n) is 2.67. The number of nitrogens with one attached hydrogen (secondary N) is 1. The molecule has 0 aliphatic carbocycles. The molecule has 1 heterocycles. The fourth-order valence-corrected chi connectivity index (χ4v) is 3.23. The second kappa shape index (κ2) is 7.82. The van der Waals surface area contributed by atoms with Gasteiger partial charge in [0.05, 0.1) is 21.1 Å². The number of carbonyl (C=O) groups excluding carboxylic acids is 1. The van der Waals surface area contributed by atoms with E-state index in [4.69, 9.17) is 28.3 Å². The predicted octanol–water partition coefficient (Wildman–Crippen LogP) is 4.52. The highest BCUT2D eigenvalue weighted by Crippen LogP contribution is 2.29. The van der Waals surface area contributed by atoms with Crippen LogP contribution < -0.4 is 5.32 Å². The average molecular weight is 405 g/mol. The molecule has 3 aromatic rings. The molecule has 27 heavy (non-hydrogen) atoms. The van der Waals surface area contributed by atoms with Crippen molar-refractivity contribution < 1.29 is 19.8 Å². The highest BCUT2D eigenvalue weighted by molar-refractivity contribution is 6.40. The first-order valence-corrected chi connectivity index (χ1v) is 8.71. The van der Waals surface area contributed by atoms with Gasteiger partial charge in [-0.1, -0.05) is 35.3 Å². The van der Waals surface area contributed by atoms with E-state index in [0.29, 0.717) is 16.5 Å². The molecule has 6 nitrogen and oxygen atoms in total. The molecule has 1 aromatic heterocycles. The Morgan fingerprint density at radius 3 is 2.41 bits per heavy atom. The number of aromatic hydroxyl groups is 1. The van der Waals surface area contributed by atoms with E-state index in [0.717, 1.165) is 0 Å². The maximum absolute atomic E-state index is 12.5. The SMILES string of the molecule is O=C(O)CCc1ccc(O)c2ccc(NC(=O)c3c(Cl)cccc3Cl)nc12. The number of carbonyl (C=O) groups is 2. The molecular weight excluding hydrogens is 391 g/mol. The molecule has 0 aliphatic heterocycles. The van der Waals surface area contributed by atoms with E-state index < -0.39 is 11.9 Å². The van der Waals surface area contributed by atoms with Crippen molar-refractivity contribution in [3.8, 4) is 5.75 Å². The molecule has 2 aromatic carbocycles. The molecule has 0 atom stereocenters. The number of aliphatic carboxylic acids is 1. The number of fused-ring (bicyclic) bond motifs is 1. The van der Waals surface area contributed by atoms with E-state index in [9.17, 15) is 14.7 Å². The number of anilines is 1. The number of phenols is 1. The van der Waals surface area contributed by atoms with Gasteiger partial charge in [0.2, 0.25) is 0 Å². The zero-order valence-electron chi connectivity index (χ0n) is 13.9. The largest absolute Gasteiger partial charge is 0.507 e. The molecular formula is C19H14Cl2N2O4. The molecule has 3 N–H and O–H groups in total. The number of halogens is 2. The Morgan fingerprint density at radius 1 is 1.04 bits per heavy atom. The van der Waals surface area contributed by atoms with Crippen molar-refractivity contribution in [3.05, 3.63) is 63.6 Å². The van der Waals surface area contributed by atoms with Crippen molar-refractivity contribution in [2.24, 2.45) is 0 Å². The van der Waals surface area contributed by atoms with Crippen LogP contribution in [0.2, 0.25) is 10.0 Å². The van der Waals surface area contributed by atoms with Crippen molar-refractivity contribution in [2.45, 2.75) is 12.8 Å². The minimum absolute atomic E-state index is 0.0172. The molecule has 0 aliphatic rings. The highest BCUT2D eigenvalue weighted by atomic mass is 35.5. The van der Waals surface area contributed by atoms with Gasteiger partial charge < -0.3 is 15.5 Å². The highest BCUT2D eigenvalue weighted by Gasteiger charge is 2.16. The van der Waals surface area contributed by atoms with Crippen LogP contribution in [0.4, 0.5) is 5.82 Å². The van der Waals surface area contributed by atoms with Crippen LogP contribution in [-0.2, 0) is 11.2 Å². The number of rotatable bonds is 5. The summed E-state index contributed by atoms with van der Waals surface area (Å²) in [6.07, 6.45) is 0.167. The van der Waals surface area contributed by atoms with E-state index in [2.05, 4.69) is 10.3 Å². The minimum atomic E-state index is -0.936. The Bertz CT molecular complexity index is 1030. The third-order valence-electron chi connectivity index (χ3n) is 3.96. The van der Waals surface area contributed by atoms with Crippen LogP contribution in [0, 0.1) is 0 Å². The van der Waals surface area contributed by atoms with Crippen LogP contribution in [-0.4, -0.2) is 27.1 Å². The number of nitrogens with zero attached hydrogens (tertiary/aromatic N) is 1. The lowest BCUT2D eigenvalue weighted by Crippen LogP contribution is -2.14. The van der Waals surface area contributed by atoms with Crippen molar-refractivity contribution in [1.82, 2.24) is 4.98 Å². The monoisotopic (exact) mass is 404 g/mol. The first-order valence-electron chi connectivity index (χ1n) is 7.95. The number of hydrogen-bond acceptors (Lipinski definition) is 4. The number of phenolic OH excluding ortho intramolecular Hbond substituents is 1. The molecule has 0 fully saturated rings. The molecule has 8 heteroatoms. The number of aryl methyl sites for hydroxylation is 1.